The summed E-state index contributed by atoms with van der Waals surface area (Å²) >= 11 is 1.44. The number of fused-ring (bicyclic) bond motifs is 1. The van der Waals surface area contributed by atoms with Crippen molar-refractivity contribution in [2.75, 3.05) is 17.9 Å². The zero-order chi connectivity index (χ0) is 17.1. The molecule has 2 N–H and O–H groups in total. The van der Waals surface area contributed by atoms with Crippen molar-refractivity contribution in [2.24, 2.45) is 0 Å². The third-order valence-electron chi connectivity index (χ3n) is 3.43. The normalized spacial score (nSPS) is 15.0. The summed E-state index contributed by atoms with van der Waals surface area (Å²) in [6, 6.07) is 4.98. The number of rotatable bonds is 6. The third kappa shape index (κ3) is 3.63. The summed E-state index contributed by atoms with van der Waals surface area (Å²) in [5.74, 6) is 1.86. The number of ether oxygens (including phenoxy) is 4. The number of thioether (sulfide) groups is 1. The van der Waals surface area contributed by atoms with E-state index in [1.54, 1.807) is 18.2 Å². The number of nitrogens with one attached hydrogen (secondary N) is 2. The number of nitrogens with zero attached hydrogens (tertiary/aromatic N) is 2. The molecule has 0 bridgehead atoms. The maximum atomic E-state index is 12.3. The molecule has 4 rings (SSSR count). The number of H-pyrrole nitrogens is 1. The highest BCUT2D eigenvalue weighted by Gasteiger charge is 2.17. The SMILES string of the molecule is O=C(Nc1nc(SCCC2OC=CO2)n[nH]1)c1ccc2c(c1)OCO2. The lowest BCUT2D eigenvalue weighted by atomic mass is 10.2. The number of aromatic nitrogens is 3. The Kier molecular flexibility index (Phi) is 4.34. The van der Waals surface area contributed by atoms with E-state index in [0.717, 1.165) is 5.75 Å². The van der Waals surface area contributed by atoms with E-state index >= 15 is 0 Å². The monoisotopic (exact) mass is 362 g/mol. The number of amides is 1. The molecule has 0 atom stereocenters. The van der Waals surface area contributed by atoms with Crippen LogP contribution < -0.4 is 14.8 Å². The molecule has 25 heavy (non-hydrogen) atoms. The second-order valence-corrected chi connectivity index (χ2v) is 6.16. The summed E-state index contributed by atoms with van der Waals surface area (Å²) < 4.78 is 20.9. The fourth-order valence-electron chi connectivity index (χ4n) is 2.24. The van der Waals surface area contributed by atoms with Gasteiger partial charge in [0, 0.05) is 17.7 Å². The highest BCUT2D eigenvalue weighted by molar-refractivity contribution is 7.99. The van der Waals surface area contributed by atoms with E-state index in [0.29, 0.717) is 28.6 Å². The molecular formula is C15H14N4O5S. The second-order valence-electron chi connectivity index (χ2n) is 5.10. The van der Waals surface area contributed by atoms with Gasteiger partial charge in [-0.2, -0.15) is 4.98 Å². The van der Waals surface area contributed by atoms with Gasteiger partial charge in [-0.15, -0.1) is 5.10 Å². The molecule has 0 fully saturated rings. The number of carbonyl (C=O) groups is 1. The van der Waals surface area contributed by atoms with Crippen LogP contribution in [0.15, 0.2) is 35.9 Å². The van der Waals surface area contributed by atoms with E-state index in [4.69, 9.17) is 18.9 Å². The molecule has 2 aromatic rings. The molecule has 2 aliphatic rings. The summed E-state index contributed by atoms with van der Waals surface area (Å²) in [5, 5.41) is 9.95. The maximum Gasteiger partial charge on any atom is 0.258 e. The van der Waals surface area contributed by atoms with E-state index in [2.05, 4.69) is 20.5 Å². The lowest BCUT2D eigenvalue weighted by molar-refractivity contribution is -0.0232. The van der Waals surface area contributed by atoms with Gasteiger partial charge in [0.05, 0.1) is 0 Å². The van der Waals surface area contributed by atoms with E-state index in [1.165, 1.54) is 24.3 Å². The maximum absolute atomic E-state index is 12.3. The predicted octanol–water partition coefficient (Wildman–Crippen LogP) is 2.11. The van der Waals surface area contributed by atoms with Crippen LogP contribution in [0.25, 0.3) is 0 Å². The Hall–Kier alpha value is -2.88. The van der Waals surface area contributed by atoms with Gasteiger partial charge in [0.2, 0.25) is 24.2 Å². The van der Waals surface area contributed by atoms with Crippen molar-refractivity contribution in [2.45, 2.75) is 17.9 Å². The van der Waals surface area contributed by atoms with Gasteiger partial charge < -0.3 is 18.9 Å². The van der Waals surface area contributed by atoms with Crippen molar-refractivity contribution >= 4 is 23.6 Å². The Bertz CT molecular complexity index is 801. The molecule has 9 nitrogen and oxygen atoms in total. The van der Waals surface area contributed by atoms with Crippen molar-refractivity contribution in [3.05, 3.63) is 36.3 Å². The summed E-state index contributed by atoms with van der Waals surface area (Å²) in [4.78, 5) is 16.5. The van der Waals surface area contributed by atoms with Crippen molar-refractivity contribution in [3.63, 3.8) is 0 Å². The van der Waals surface area contributed by atoms with Crippen molar-refractivity contribution in [1.29, 1.82) is 0 Å². The summed E-state index contributed by atoms with van der Waals surface area (Å²) in [6.07, 6.45) is 3.49. The number of hydrogen-bond acceptors (Lipinski definition) is 8. The quantitative estimate of drug-likeness (QED) is 0.753. The van der Waals surface area contributed by atoms with Gasteiger partial charge >= 0.3 is 0 Å². The summed E-state index contributed by atoms with van der Waals surface area (Å²) in [6.45, 7) is 0.163. The van der Waals surface area contributed by atoms with Gasteiger partial charge in [0.1, 0.15) is 12.5 Å². The van der Waals surface area contributed by atoms with Gasteiger partial charge in [-0.3, -0.25) is 10.1 Å². The Balaban J connectivity index is 1.30. The van der Waals surface area contributed by atoms with E-state index in [-0.39, 0.29) is 24.9 Å². The minimum absolute atomic E-state index is 0.163. The first-order chi connectivity index (χ1) is 12.3. The standard InChI is InChI=1S/C15H14N4O5S/c20-13(9-1-2-10-11(7-9)24-8-23-10)16-14-17-15(19-18-14)25-6-3-12-21-4-5-22-12/h1-2,4-5,7,12H,3,6,8H2,(H2,16,17,18,19,20). The van der Waals surface area contributed by atoms with Crippen molar-refractivity contribution in [1.82, 2.24) is 15.2 Å². The minimum Gasteiger partial charge on any atom is -0.459 e. The highest BCUT2D eigenvalue weighted by atomic mass is 32.2. The number of benzene rings is 1. The Labute approximate surface area is 146 Å². The first-order valence-corrected chi connectivity index (χ1v) is 8.48. The molecule has 1 aromatic heterocycles. The lowest BCUT2D eigenvalue weighted by Gasteiger charge is -2.07. The van der Waals surface area contributed by atoms with Gasteiger partial charge in [0.15, 0.2) is 11.5 Å². The van der Waals surface area contributed by atoms with E-state index in [1.807, 2.05) is 0 Å². The largest absolute Gasteiger partial charge is 0.459 e. The summed E-state index contributed by atoms with van der Waals surface area (Å²) in [5.41, 5.74) is 0.442. The molecule has 0 spiro atoms. The van der Waals surface area contributed by atoms with Crippen molar-refractivity contribution in [3.8, 4) is 11.5 Å². The second kappa shape index (κ2) is 6.93. The first kappa shape index (κ1) is 15.6. The predicted molar refractivity (Wildman–Crippen MR) is 87.3 cm³/mol. The van der Waals surface area contributed by atoms with Gasteiger partial charge in [-0.1, -0.05) is 11.8 Å². The minimum atomic E-state index is -0.315. The zero-order valence-corrected chi connectivity index (χ0v) is 13.7. The molecule has 3 heterocycles. The first-order valence-electron chi connectivity index (χ1n) is 7.50. The molecule has 0 aliphatic carbocycles. The number of aromatic amines is 1. The van der Waals surface area contributed by atoms with Crippen LogP contribution >= 0.6 is 11.8 Å². The average Bonchev–Trinajstić information content (AvgIpc) is 3.36. The van der Waals surface area contributed by atoms with E-state index < -0.39 is 0 Å². The number of hydrogen-bond donors (Lipinski definition) is 2. The topological polar surface area (TPSA) is 108 Å². The summed E-state index contributed by atoms with van der Waals surface area (Å²) in [7, 11) is 0. The van der Waals surface area contributed by atoms with Crippen LogP contribution in [0.2, 0.25) is 0 Å². The van der Waals surface area contributed by atoms with Crippen LogP contribution in [-0.4, -0.2) is 39.9 Å². The average molecular weight is 362 g/mol. The van der Waals surface area contributed by atoms with E-state index in [9.17, 15) is 4.79 Å². The lowest BCUT2D eigenvalue weighted by Crippen LogP contribution is -2.12. The van der Waals surface area contributed by atoms with Crippen LogP contribution in [0.3, 0.4) is 0 Å². The zero-order valence-electron chi connectivity index (χ0n) is 12.9. The molecule has 0 radical (unpaired) electrons. The highest BCUT2D eigenvalue weighted by Crippen LogP contribution is 2.32. The van der Waals surface area contributed by atoms with Crippen LogP contribution in [0.5, 0.6) is 11.5 Å². The van der Waals surface area contributed by atoms with Crippen molar-refractivity contribution < 1.29 is 23.7 Å². The smallest absolute Gasteiger partial charge is 0.258 e. The Morgan fingerprint density at radius 3 is 3.00 bits per heavy atom. The molecule has 1 amide bonds. The Morgan fingerprint density at radius 2 is 2.12 bits per heavy atom. The van der Waals surface area contributed by atoms with Gasteiger partial charge in [-0.25, -0.2) is 5.10 Å². The van der Waals surface area contributed by atoms with Crippen LogP contribution in [0.1, 0.15) is 16.8 Å². The van der Waals surface area contributed by atoms with Gasteiger partial charge in [-0.05, 0) is 18.2 Å². The fourth-order valence-corrected chi connectivity index (χ4v) is 3.00. The molecule has 0 unspecified atom stereocenters. The molecule has 0 saturated heterocycles. The number of anilines is 1. The fraction of sp³-hybridized carbons (Fsp3) is 0.267. The molecule has 10 heteroatoms. The third-order valence-corrected chi connectivity index (χ3v) is 4.31. The number of carbonyl (C=O) groups excluding carboxylic acids is 1. The van der Waals surface area contributed by atoms with Crippen LogP contribution in [0.4, 0.5) is 5.95 Å². The molecular weight excluding hydrogens is 348 g/mol. The molecule has 130 valence electrons. The Morgan fingerprint density at radius 1 is 1.28 bits per heavy atom. The van der Waals surface area contributed by atoms with Crippen LogP contribution in [-0.2, 0) is 9.47 Å². The van der Waals surface area contributed by atoms with Gasteiger partial charge in [0.25, 0.3) is 5.91 Å². The molecule has 2 aliphatic heterocycles. The molecule has 1 aromatic carbocycles. The molecule has 0 saturated carbocycles. The van der Waals surface area contributed by atoms with Crippen LogP contribution in [0, 0.1) is 0 Å².